The first-order valence-corrected chi connectivity index (χ1v) is 12.8. The largest absolute Gasteiger partial charge is 0.416 e. The summed E-state index contributed by atoms with van der Waals surface area (Å²) in [4.78, 5) is 6.40. The van der Waals surface area contributed by atoms with Gasteiger partial charge in [-0.25, -0.2) is 18.5 Å². The zero-order valence-corrected chi connectivity index (χ0v) is 20.2. The summed E-state index contributed by atoms with van der Waals surface area (Å²) in [5.41, 5.74) is 1.10. The van der Waals surface area contributed by atoms with Gasteiger partial charge in [-0.1, -0.05) is 12.1 Å². The fourth-order valence-corrected chi connectivity index (χ4v) is 6.19. The lowest BCUT2D eigenvalue weighted by atomic mass is 9.73. The molecule has 0 bridgehead atoms. The Morgan fingerprint density at radius 2 is 1.80 bits per heavy atom. The van der Waals surface area contributed by atoms with Gasteiger partial charge in [0.25, 0.3) is 0 Å². The van der Waals surface area contributed by atoms with Crippen LogP contribution in [0.25, 0.3) is 11.3 Å². The van der Waals surface area contributed by atoms with E-state index in [9.17, 15) is 21.6 Å². The SMILES string of the molecule is CN1CC(c2nccs2)(c2ccc(C(F)(F)F)cc2-c2ccnn2C)c2ccc(S(N)(=O)=O)cc21. The second kappa shape index (κ2) is 7.90. The van der Waals surface area contributed by atoms with Gasteiger partial charge < -0.3 is 4.90 Å². The number of halogens is 3. The molecule has 0 spiro atoms. The fraction of sp³-hybridized carbons (Fsp3) is 0.217. The number of primary sulfonamides is 1. The summed E-state index contributed by atoms with van der Waals surface area (Å²) in [6, 6.07) is 9.95. The molecule has 7 nitrogen and oxygen atoms in total. The van der Waals surface area contributed by atoms with E-state index in [-0.39, 0.29) is 4.90 Å². The average Bonchev–Trinajstić information content (AvgIpc) is 3.52. The molecular weight excluding hydrogens is 499 g/mol. The van der Waals surface area contributed by atoms with Gasteiger partial charge in [0.1, 0.15) is 5.01 Å². The van der Waals surface area contributed by atoms with Crippen molar-refractivity contribution in [1.29, 1.82) is 0 Å². The number of likely N-dealkylation sites (N-methyl/N-ethyl adjacent to an activating group) is 1. The predicted molar refractivity (Wildman–Crippen MR) is 127 cm³/mol. The Hall–Kier alpha value is -3.22. The van der Waals surface area contributed by atoms with E-state index in [1.165, 1.54) is 40.4 Å². The first-order valence-electron chi connectivity index (χ1n) is 10.4. The Kier molecular flexibility index (Phi) is 5.31. The van der Waals surface area contributed by atoms with Gasteiger partial charge in [0.15, 0.2) is 0 Å². The van der Waals surface area contributed by atoms with Crippen LogP contribution in [-0.4, -0.2) is 36.8 Å². The van der Waals surface area contributed by atoms with E-state index >= 15 is 0 Å². The van der Waals surface area contributed by atoms with Crippen molar-refractivity contribution in [2.75, 3.05) is 18.5 Å². The van der Waals surface area contributed by atoms with Crippen molar-refractivity contribution in [3.8, 4) is 11.3 Å². The van der Waals surface area contributed by atoms with E-state index in [1.807, 2.05) is 10.3 Å². The van der Waals surface area contributed by atoms with Gasteiger partial charge in [0, 0.05) is 49.7 Å². The number of hydrogen-bond donors (Lipinski definition) is 1. The van der Waals surface area contributed by atoms with Gasteiger partial charge in [-0.15, -0.1) is 11.3 Å². The Morgan fingerprint density at radius 3 is 2.40 bits per heavy atom. The molecule has 2 aromatic heterocycles. The lowest BCUT2D eigenvalue weighted by Crippen LogP contribution is -2.35. The lowest BCUT2D eigenvalue weighted by molar-refractivity contribution is -0.137. The summed E-state index contributed by atoms with van der Waals surface area (Å²) in [5.74, 6) is 0. The number of thiazole rings is 1. The molecule has 2 N–H and O–H groups in total. The third kappa shape index (κ3) is 3.72. The molecule has 35 heavy (non-hydrogen) atoms. The summed E-state index contributed by atoms with van der Waals surface area (Å²) in [5, 5.41) is 12.0. The van der Waals surface area contributed by atoms with Crippen LogP contribution in [0.1, 0.15) is 21.7 Å². The number of aryl methyl sites for hydroxylation is 1. The molecular formula is C23H20F3N5O2S2. The molecule has 5 rings (SSSR count). The van der Waals surface area contributed by atoms with Crippen molar-refractivity contribution in [1.82, 2.24) is 14.8 Å². The van der Waals surface area contributed by atoms with Crippen molar-refractivity contribution in [2.45, 2.75) is 16.5 Å². The molecule has 1 unspecified atom stereocenters. The van der Waals surface area contributed by atoms with Crippen LogP contribution in [0.15, 0.2) is 65.1 Å². The van der Waals surface area contributed by atoms with Crippen LogP contribution in [0.5, 0.6) is 0 Å². The maximum absolute atomic E-state index is 13.7. The maximum atomic E-state index is 13.7. The Labute approximate surface area is 203 Å². The van der Waals surface area contributed by atoms with Gasteiger partial charge in [-0.2, -0.15) is 18.3 Å². The molecule has 3 heterocycles. The molecule has 0 aliphatic carbocycles. The molecule has 0 amide bonds. The van der Waals surface area contributed by atoms with Crippen molar-refractivity contribution in [3.63, 3.8) is 0 Å². The van der Waals surface area contributed by atoms with Crippen LogP contribution < -0.4 is 10.0 Å². The van der Waals surface area contributed by atoms with Gasteiger partial charge in [0.05, 0.1) is 21.6 Å². The zero-order valence-electron chi connectivity index (χ0n) is 18.6. The molecule has 2 aromatic carbocycles. The Bertz CT molecular complexity index is 1530. The highest BCUT2D eigenvalue weighted by molar-refractivity contribution is 7.89. The minimum atomic E-state index is -4.53. The summed E-state index contributed by atoms with van der Waals surface area (Å²) in [6.07, 6.45) is -1.36. The number of hydrogen-bond acceptors (Lipinski definition) is 6. The first-order chi connectivity index (χ1) is 16.4. The molecule has 4 aromatic rings. The lowest BCUT2D eigenvalue weighted by Gasteiger charge is -2.31. The van der Waals surface area contributed by atoms with Gasteiger partial charge in [-0.3, -0.25) is 4.68 Å². The van der Waals surface area contributed by atoms with Crippen molar-refractivity contribution >= 4 is 27.0 Å². The number of fused-ring (bicyclic) bond motifs is 1. The van der Waals surface area contributed by atoms with Crippen LogP contribution in [0.4, 0.5) is 18.9 Å². The molecule has 0 saturated heterocycles. The molecule has 0 radical (unpaired) electrons. The molecule has 1 atom stereocenters. The highest BCUT2D eigenvalue weighted by atomic mass is 32.2. The van der Waals surface area contributed by atoms with Gasteiger partial charge >= 0.3 is 6.18 Å². The van der Waals surface area contributed by atoms with E-state index in [0.29, 0.717) is 34.1 Å². The molecule has 0 fully saturated rings. The van der Waals surface area contributed by atoms with E-state index < -0.39 is 27.2 Å². The number of rotatable bonds is 4. The second-order valence-corrected chi connectivity index (χ2v) is 10.9. The molecule has 1 aliphatic heterocycles. The first kappa shape index (κ1) is 23.5. The third-order valence-corrected chi connectivity index (χ3v) is 8.19. The zero-order chi connectivity index (χ0) is 25.2. The van der Waals surface area contributed by atoms with E-state index in [2.05, 4.69) is 10.1 Å². The summed E-state index contributed by atoms with van der Waals surface area (Å²) >= 11 is 1.38. The van der Waals surface area contributed by atoms with Crippen LogP contribution >= 0.6 is 11.3 Å². The monoisotopic (exact) mass is 519 g/mol. The average molecular weight is 520 g/mol. The molecule has 182 valence electrons. The van der Waals surface area contributed by atoms with Crippen LogP contribution in [0.3, 0.4) is 0 Å². The number of aromatic nitrogens is 3. The minimum Gasteiger partial charge on any atom is -0.373 e. The number of anilines is 1. The smallest absolute Gasteiger partial charge is 0.373 e. The second-order valence-electron chi connectivity index (χ2n) is 8.42. The van der Waals surface area contributed by atoms with Crippen LogP contribution in [0, 0.1) is 0 Å². The van der Waals surface area contributed by atoms with Gasteiger partial charge in [-0.05, 0) is 41.5 Å². The van der Waals surface area contributed by atoms with E-state index in [1.54, 1.807) is 32.4 Å². The van der Waals surface area contributed by atoms with Crippen LogP contribution in [0.2, 0.25) is 0 Å². The predicted octanol–water partition coefficient (Wildman–Crippen LogP) is 3.99. The summed E-state index contributed by atoms with van der Waals surface area (Å²) in [6.45, 7) is 0.333. The Balaban J connectivity index is 1.86. The number of nitrogens with two attached hydrogens (primary N) is 1. The minimum absolute atomic E-state index is 0.0442. The van der Waals surface area contributed by atoms with Crippen molar-refractivity contribution in [3.05, 3.63) is 81.9 Å². The van der Waals surface area contributed by atoms with Crippen LogP contribution in [-0.2, 0) is 28.7 Å². The number of nitrogens with zero attached hydrogens (tertiary/aromatic N) is 4. The quantitative estimate of drug-likeness (QED) is 0.440. The van der Waals surface area contributed by atoms with E-state index in [0.717, 1.165) is 17.7 Å². The van der Waals surface area contributed by atoms with Crippen molar-refractivity contribution < 1.29 is 21.6 Å². The van der Waals surface area contributed by atoms with Crippen molar-refractivity contribution in [2.24, 2.45) is 12.2 Å². The standard InChI is InChI=1S/C23H20F3N5O2S2/c1-30-13-22(21-28-9-10-34-21,18-6-4-15(12-20(18)30)35(27,32)33)17-5-3-14(23(24,25)26)11-16(17)19-7-8-29-31(19)2/h3-12H,13H2,1-2H3,(H2,27,32,33). The maximum Gasteiger partial charge on any atom is 0.416 e. The molecule has 12 heteroatoms. The highest BCUT2D eigenvalue weighted by Crippen LogP contribution is 2.52. The van der Waals surface area contributed by atoms with E-state index in [4.69, 9.17) is 5.14 Å². The third-order valence-electron chi connectivity index (χ3n) is 6.34. The summed E-state index contributed by atoms with van der Waals surface area (Å²) < 4.78 is 66.8. The Morgan fingerprint density at radius 1 is 1.06 bits per heavy atom. The highest BCUT2D eigenvalue weighted by Gasteiger charge is 2.48. The molecule has 1 aliphatic rings. The summed E-state index contributed by atoms with van der Waals surface area (Å²) in [7, 11) is -0.481. The molecule has 0 saturated carbocycles. The number of sulfonamides is 1. The van der Waals surface area contributed by atoms with Gasteiger partial charge in [0.2, 0.25) is 10.0 Å². The number of alkyl halides is 3. The number of benzene rings is 2. The topological polar surface area (TPSA) is 94.1 Å². The fourth-order valence-electron chi connectivity index (χ4n) is 4.80. The normalized spacial score (nSPS) is 18.2.